The summed E-state index contributed by atoms with van der Waals surface area (Å²) in [6.07, 6.45) is 8.60. The molecule has 21 heavy (non-hydrogen) atoms. The highest BCUT2D eigenvalue weighted by Gasteiger charge is 2.36. The maximum Gasteiger partial charge on any atom is 0.240 e. The van der Waals surface area contributed by atoms with E-state index in [1.165, 1.54) is 12.8 Å². The summed E-state index contributed by atoms with van der Waals surface area (Å²) in [5, 5.41) is 2.84. The molecule has 0 radical (unpaired) electrons. The third-order valence-electron chi connectivity index (χ3n) is 4.53. The quantitative estimate of drug-likeness (QED) is 0.826. The van der Waals surface area contributed by atoms with E-state index < -0.39 is 5.54 Å². The van der Waals surface area contributed by atoms with Crippen LogP contribution in [0.15, 0.2) is 0 Å². The highest BCUT2D eigenvalue weighted by molar-refractivity contribution is 5.87. The second-order valence-electron chi connectivity index (χ2n) is 6.16. The molecule has 0 aromatic carbocycles. The van der Waals surface area contributed by atoms with Crippen LogP contribution >= 0.6 is 12.4 Å². The van der Waals surface area contributed by atoms with Gasteiger partial charge in [0, 0.05) is 26.1 Å². The van der Waals surface area contributed by atoms with Crippen LogP contribution in [0.5, 0.6) is 0 Å². The highest BCUT2D eigenvalue weighted by Crippen LogP contribution is 2.27. The number of likely N-dealkylation sites (tertiary alicyclic amines) is 1. The van der Waals surface area contributed by atoms with E-state index in [9.17, 15) is 9.59 Å². The van der Waals surface area contributed by atoms with Gasteiger partial charge >= 0.3 is 0 Å². The normalized spacial score (nSPS) is 21.3. The van der Waals surface area contributed by atoms with Crippen molar-refractivity contribution in [2.75, 3.05) is 19.6 Å². The Morgan fingerprint density at radius 1 is 1.00 bits per heavy atom. The summed E-state index contributed by atoms with van der Waals surface area (Å²) in [6.45, 7) is 2.15. The minimum absolute atomic E-state index is 0. The average molecular weight is 318 g/mol. The van der Waals surface area contributed by atoms with Crippen molar-refractivity contribution < 1.29 is 9.59 Å². The van der Waals surface area contributed by atoms with Gasteiger partial charge in [0.15, 0.2) is 0 Å². The Labute approximate surface area is 133 Å². The van der Waals surface area contributed by atoms with Gasteiger partial charge in [-0.25, -0.2) is 0 Å². The molecular formula is C15H28ClN3O2. The summed E-state index contributed by atoms with van der Waals surface area (Å²) in [5.74, 6) is 0.0726. The van der Waals surface area contributed by atoms with Crippen LogP contribution in [-0.2, 0) is 9.59 Å². The van der Waals surface area contributed by atoms with Gasteiger partial charge in [-0.3, -0.25) is 9.59 Å². The first-order valence-corrected chi connectivity index (χ1v) is 7.97. The number of carbonyl (C=O) groups is 2. The summed E-state index contributed by atoms with van der Waals surface area (Å²) < 4.78 is 0. The molecule has 1 saturated heterocycles. The summed E-state index contributed by atoms with van der Waals surface area (Å²) in [5.41, 5.74) is 5.39. The lowest BCUT2D eigenvalue weighted by molar-refractivity contribution is -0.131. The predicted octanol–water partition coefficient (Wildman–Crippen LogP) is 1.59. The third kappa shape index (κ3) is 5.15. The lowest BCUT2D eigenvalue weighted by Gasteiger charge is -2.23. The summed E-state index contributed by atoms with van der Waals surface area (Å²) in [7, 11) is 0. The molecule has 2 rings (SSSR count). The van der Waals surface area contributed by atoms with Crippen LogP contribution in [0.25, 0.3) is 0 Å². The Morgan fingerprint density at radius 3 is 2.14 bits per heavy atom. The standard InChI is InChI=1S/C15H27N3O2.ClH/c16-15(8-3-4-9-15)14(20)17-10-7-13(19)18-11-5-1-2-6-12-18;/h1-12,16H2,(H,17,20);1H. The minimum atomic E-state index is -0.689. The molecule has 122 valence electrons. The van der Waals surface area contributed by atoms with E-state index in [0.29, 0.717) is 13.0 Å². The average Bonchev–Trinajstić information content (AvgIpc) is 2.73. The summed E-state index contributed by atoms with van der Waals surface area (Å²) >= 11 is 0. The van der Waals surface area contributed by atoms with Crippen LogP contribution in [0.4, 0.5) is 0 Å². The predicted molar refractivity (Wildman–Crippen MR) is 85.3 cm³/mol. The molecule has 2 fully saturated rings. The van der Waals surface area contributed by atoms with Gasteiger partial charge in [-0.15, -0.1) is 12.4 Å². The number of hydrogen-bond acceptors (Lipinski definition) is 3. The lowest BCUT2D eigenvalue weighted by Crippen LogP contribution is -2.52. The Morgan fingerprint density at radius 2 is 1.57 bits per heavy atom. The topological polar surface area (TPSA) is 75.4 Å². The molecule has 1 heterocycles. The van der Waals surface area contributed by atoms with E-state index in [1.807, 2.05) is 4.90 Å². The van der Waals surface area contributed by atoms with E-state index in [-0.39, 0.29) is 24.2 Å². The molecule has 0 spiro atoms. The zero-order valence-corrected chi connectivity index (χ0v) is 13.6. The molecule has 2 amide bonds. The molecule has 0 atom stereocenters. The third-order valence-corrected chi connectivity index (χ3v) is 4.53. The van der Waals surface area contributed by atoms with Crippen LogP contribution in [0.1, 0.15) is 57.8 Å². The molecule has 0 aromatic heterocycles. The largest absolute Gasteiger partial charge is 0.354 e. The second kappa shape index (κ2) is 8.59. The molecule has 0 aromatic rings. The summed E-state index contributed by atoms with van der Waals surface area (Å²) in [4.78, 5) is 26.0. The Hall–Kier alpha value is -0.810. The number of nitrogens with two attached hydrogens (primary N) is 1. The van der Waals surface area contributed by atoms with Crippen LogP contribution in [-0.4, -0.2) is 41.9 Å². The second-order valence-corrected chi connectivity index (χ2v) is 6.16. The lowest BCUT2D eigenvalue weighted by atomic mass is 9.98. The van der Waals surface area contributed by atoms with E-state index in [2.05, 4.69) is 5.32 Å². The Balaban J connectivity index is 0.00000220. The van der Waals surface area contributed by atoms with Gasteiger partial charge in [-0.1, -0.05) is 25.7 Å². The van der Waals surface area contributed by atoms with Crippen LogP contribution in [0.2, 0.25) is 0 Å². The maximum absolute atomic E-state index is 12.1. The number of rotatable bonds is 4. The SMILES string of the molecule is Cl.NC1(C(=O)NCCC(=O)N2CCCCCC2)CCCC1. The van der Waals surface area contributed by atoms with Gasteiger partial charge in [-0.05, 0) is 25.7 Å². The van der Waals surface area contributed by atoms with E-state index in [4.69, 9.17) is 5.73 Å². The first-order chi connectivity index (χ1) is 9.62. The van der Waals surface area contributed by atoms with Gasteiger partial charge in [0.25, 0.3) is 0 Å². The van der Waals surface area contributed by atoms with Crippen molar-refractivity contribution in [1.82, 2.24) is 10.2 Å². The summed E-state index contributed by atoms with van der Waals surface area (Å²) in [6, 6.07) is 0. The van der Waals surface area contributed by atoms with Crippen molar-refractivity contribution in [2.45, 2.75) is 63.3 Å². The van der Waals surface area contributed by atoms with E-state index >= 15 is 0 Å². The number of hydrogen-bond donors (Lipinski definition) is 2. The van der Waals surface area contributed by atoms with Gasteiger partial charge < -0.3 is 16.0 Å². The molecule has 1 saturated carbocycles. The zero-order chi connectivity index (χ0) is 14.4. The first kappa shape index (κ1) is 18.2. The van der Waals surface area contributed by atoms with Gasteiger partial charge in [0.05, 0.1) is 5.54 Å². The van der Waals surface area contributed by atoms with Crippen molar-refractivity contribution in [3.63, 3.8) is 0 Å². The van der Waals surface area contributed by atoms with Gasteiger partial charge in [0.2, 0.25) is 11.8 Å². The van der Waals surface area contributed by atoms with Crippen molar-refractivity contribution >= 4 is 24.2 Å². The highest BCUT2D eigenvalue weighted by atomic mass is 35.5. The minimum Gasteiger partial charge on any atom is -0.354 e. The molecule has 1 aliphatic carbocycles. The van der Waals surface area contributed by atoms with Crippen LogP contribution in [0.3, 0.4) is 0 Å². The molecule has 5 nitrogen and oxygen atoms in total. The van der Waals surface area contributed by atoms with Crippen LogP contribution < -0.4 is 11.1 Å². The molecule has 6 heteroatoms. The van der Waals surface area contributed by atoms with Crippen LogP contribution in [0, 0.1) is 0 Å². The smallest absolute Gasteiger partial charge is 0.240 e. The maximum atomic E-state index is 12.1. The molecule has 0 unspecified atom stereocenters. The van der Waals surface area contributed by atoms with Crippen molar-refractivity contribution in [3.8, 4) is 0 Å². The molecule has 3 N–H and O–H groups in total. The van der Waals surface area contributed by atoms with Crippen molar-refractivity contribution in [3.05, 3.63) is 0 Å². The number of amides is 2. The van der Waals surface area contributed by atoms with Crippen molar-refractivity contribution in [2.24, 2.45) is 5.73 Å². The molecule has 1 aliphatic heterocycles. The zero-order valence-electron chi connectivity index (χ0n) is 12.7. The fourth-order valence-corrected chi connectivity index (χ4v) is 3.17. The molecular weight excluding hydrogens is 290 g/mol. The first-order valence-electron chi connectivity index (χ1n) is 7.97. The van der Waals surface area contributed by atoms with Crippen molar-refractivity contribution in [1.29, 1.82) is 0 Å². The number of nitrogens with zero attached hydrogens (tertiary/aromatic N) is 1. The van der Waals surface area contributed by atoms with E-state index in [1.54, 1.807) is 0 Å². The van der Waals surface area contributed by atoms with Gasteiger partial charge in [-0.2, -0.15) is 0 Å². The number of nitrogens with one attached hydrogen (secondary N) is 1. The Kier molecular flexibility index (Phi) is 7.46. The number of carbonyl (C=O) groups excluding carboxylic acids is 2. The fourth-order valence-electron chi connectivity index (χ4n) is 3.17. The molecule has 2 aliphatic rings. The van der Waals surface area contributed by atoms with Gasteiger partial charge in [0.1, 0.15) is 0 Å². The fraction of sp³-hybridized carbons (Fsp3) is 0.867. The molecule has 0 bridgehead atoms. The Bertz CT molecular complexity index is 349. The monoisotopic (exact) mass is 317 g/mol. The van der Waals surface area contributed by atoms with E-state index in [0.717, 1.165) is 51.6 Å². The number of halogens is 1.